The molecule has 0 aliphatic heterocycles. The van der Waals surface area contributed by atoms with Gasteiger partial charge in [0.15, 0.2) is 5.82 Å². The number of aliphatic hydroxyl groups excluding tert-OH is 1. The first kappa shape index (κ1) is 24.5. The Balaban J connectivity index is 1.70. The van der Waals surface area contributed by atoms with Crippen LogP contribution in [0.3, 0.4) is 0 Å². The van der Waals surface area contributed by atoms with Crippen LogP contribution in [0.2, 0.25) is 0 Å². The highest BCUT2D eigenvalue weighted by atomic mass is 16.3. The van der Waals surface area contributed by atoms with Gasteiger partial charge in [-0.1, -0.05) is 46.1 Å². The van der Waals surface area contributed by atoms with Gasteiger partial charge in [-0.25, -0.2) is 4.68 Å². The molecule has 1 aliphatic carbocycles. The van der Waals surface area contributed by atoms with Crippen LogP contribution >= 0.6 is 0 Å². The van der Waals surface area contributed by atoms with E-state index in [1.807, 2.05) is 16.8 Å². The van der Waals surface area contributed by atoms with Crippen molar-refractivity contribution in [2.24, 2.45) is 5.92 Å². The van der Waals surface area contributed by atoms with Crippen molar-refractivity contribution in [3.8, 4) is 0 Å². The van der Waals surface area contributed by atoms with Crippen molar-refractivity contribution in [1.29, 1.82) is 0 Å². The van der Waals surface area contributed by atoms with Gasteiger partial charge in [0.1, 0.15) is 0 Å². The summed E-state index contributed by atoms with van der Waals surface area (Å²) in [7, 11) is 0. The Morgan fingerprint density at radius 1 is 1.21 bits per heavy atom. The van der Waals surface area contributed by atoms with Crippen LogP contribution in [0, 0.1) is 5.92 Å². The van der Waals surface area contributed by atoms with Gasteiger partial charge in [-0.3, -0.25) is 9.69 Å². The summed E-state index contributed by atoms with van der Waals surface area (Å²) in [6.07, 6.45) is 7.46. The van der Waals surface area contributed by atoms with Gasteiger partial charge in [0.05, 0.1) is 12.1 Å². The van der Waals surface area contributed by atoms with Crippen molar-refractivity contribution in [1.82, 2.24) is 30.1 Å². The van der Waals surface area contributed by atoms with Gasteiger partial charge in [-0.2, -0.15) is 0 Å². The Hall–Kier alpha value is -2.58. The molecular weight excluding hydrogens is 428 g/mol. The number of rotatable bonds is 10. The van der Waals surface area contributed by atoms with Gasteiger partial charge >= 0.3 is 0 Å². The fraction of sp³-hybridized carbons (Fsp3) is 0.615. The predicted molar refractivity (Wildman–Crippen MR) is 134 cm³/mol. The number of tetrazole rings is 1. The molecule has 0 saturated heterocycles. The summed E-state index contributed by atoms with van der Waals surface area (Å²) in [4.78, 5) is 18.3. The number of H-pyrrole nitrogens is 1. The van der Waals surface area contributed by atoms with Gasteiger partial charge in [0.25, 0.3) is 5.56 Å². The molecule has 8 nitrogen and oxygen atoms in total. The van der Waals surface area contributed by atoms with Crippen molar-refractivity contribution < 1.29 is 5.11 Å². The maximum absolute atomic E-state index is 13.0. The maximum atomic E-state index is 13.0. The molecule has 0 spiro atoms. The van der Waals surface area contributed by atoms with E-state index in [2.05, 4.69) is 58.3 Å². The van der Waals surface area contributed by atoms with Crippen LogP contribution in [0.15, 0.2) is 29.1 Å². The number of fused-ring (bicyclic) bond motifs is 1. The first-order valence-corrected chi connectivity index (χ1v) is 12.8. The van der Waals surface area contributed by atoms with E-state index in [4.69, 9.17) is 0 Å². The molecule has 4 rings (SSSR count). The van der Waals surface area contributed by atoms with E-state index in [0.29, 0.717) is 25.6 Å². The molecule has 1 aromatic carbocycles. The molecule has 0 amide bonds. The van der Waals surface area contributed by atoms with Gasteiger partial charge in [0, 0.05) is 30.8 Å². The second-order valence-electron chi connectivity index (χ2n) is 9.91. The van der Waals surface area contributed by atoms with Crippen LogP contribution in [0.5, 0.6) is 0 Å². The monoisotopic (exact) mass is 466 g/mol. The Bertz CT molecular complexity index is 1130. The second kappa shape index (κ2) is 11.2. The second-order valence-corrected chi connectivity index (χ2v) is 9.91. The molecule has 0 bridgehead atoms. The number of aromatic nitrogens is 5. The fourth-order valence-corrected chi connectivity index (χ4v) is 5.31. The van der Waals surface area contributed by atoms with Crippen molar-refractivity contribution in [2.75, 3.05) is 13.2 Å². The van der Waals surface area contributed by atoms with Gasteiger partial charge in [-0.15, -0.1) is 5.10 Å². The lowest BCUT2D eigenvalue weighted by Gasteiger charge is -2.34. The SMILES string of the molecule is CCc1ccc2[nH]c(=O)c(CN(CCCO)[C@@H](c3nnnn3C3CCCCC3)C(C)C)cc2c1. The predicted octanol–water partition coefficient (Wildman–Crippen LogP) is 4.16. The standard InChI is InChI=1S/C26H38N6O2/c1-4-19-11-12-23-20(15-19)16-21(26(34)27-23)17-31(13-8-14-33)24(18(2)3)25-28-29-30-32(25)22-9-6-5-7-10-22/h11-12,15-16,18,22,24,33H,4-10,13-14,17H2,1-3H3,(H,27,34)/t24-/m1/s1. The largest absolute Gasteiger partial charge is 0.396 e. The molecule has 2 heterocycles. The highest BCUT2D eigenvalue weighted by molar-refractivity contribution is 5.79. The third-order valence-corrected chi connectivity index (χ3v) is 7.10. The van der Waals surface area contributed by atoms with Crippen LogP contribution < -0.4 is 5.56 Å². The molecule has 1 aliphatic rings. The third kappa shape index (κ3) is 5.39. The van der Waals surface area contributed by atoms with Crippen LogP contribution in [0.25, 0.3) is 10.9 Å². The van der Waals surface area contributed by atoms with Crippen LogP contribution in [0.1, 0.15) is 88.3 Å². The van der Waals surface area contributed by atoms with E-state index in [0.717, 1.165) is 41.6 Å². The summed E-state index contributed by atoms with van der Waals surface area (Å²) in [6.45, 7) is 7.71. The Morgan fingerprint density at radius 3 is 2.71 bits per heavy atom. The molecule has 1 atom stereocenters. The molecule has 1 saturated carbocycles. The molecule has 3 aromatic rings. The quantitative estimate of drug-likeness (QED) is 0.465. The van der Waals surface area contributed by atoms with Gasteiger partial charge < -0.3 is 10.1 Å². The summed E-state index contributed by atoms with van der Waals surface area (Å²) in [5.74, 6) is 1.10. The number of pyridine rings is 1. The van der Waals surface area contributed by atoms with E-state index >= 15 is 0 Å². The van der Waals surface area contributed by atoms with Crippen molar-refractivity contribution in [2.45, 2.75) is 84.3 Å². The minimum absolute atomic E-state index is 0.0550. The summed E-state index contributed by atoms with van der Waals surface area (Å²) in [5, 5.41) is 23.6. The molecule has 1 fully saturated rings. The average molecular weight is 467 g/mol. The van der Waals surface area contributed by atoms with E-state index in [1.54, 1.807) is 0 Å². The molecule has 34 heavy (non-hydrogen) atoms. The zero-order valence-corrected chi connectivity index (χ0v) is 20.7. The topological polar surface area (TPSA) is 99.9 Å². The molecule has 184 valence electrons. The highest BCUT2D eigenvalue weighted by Crippen LogP contribution is 2.34. The van der Waals surface area contributed by atoms with Crippen LogP contribution in [-0.4, -0.2) is 48.3 Å². The Morgan fingerprint density at radius 2 is 2.00 bits per heavy atom. The normalized spacial score (nSPS) is 16.1. The minimum atomic E-state index is -0.0693. The maximum Gasteiger partial charge on any atom is 0.252 e. The highest BCUT2D eigenvalue weighted by Gasteiger charge is 2.32. The summed E-state index contributed by atoms with van der Waals surface area (Å²) in [5.41, 5.74) is 2.75. The molecular formula is C26H38N6O2. The van der Waals surface area contributed by atoms with Crippen LogP contribution in [0.4, 0.5) is 0 Å². The first-order valence-electron chi connectivity index (χ1n) is 12.8. The first-order chi connectivity index (χ1) is 16.5. The number of hydrogen-bond donors (Lipinski definition) is 2. The smallest absolute Gasteiger partial charge is 0.252 e. The lowest BCUT2D eigenvalue weighted by Crippen LogP contribution is -2.37. The number of aromatic amines is 1. The van der Waals surface area contributed by atoms with E-state index in [9.17, 15) is 9.90 Å². The van der Waals surface area contributed by atoms with Crippen LogP contribution in [-0.2, 0) is 13.0 Å². The number of nitrogens with one attached hydrogen (secondary N) is 1. The van der Waals surface area contributed by atoms with E-state index in [-0.39, 0.29) is 24.1 Å². The molecule has 2 N–H and O–H groups in total. The Kier molecular flexibility index (Phi) is 8.11. The molecule has 0 unspecified atom stereocenters. The molecule has 0 radical (unpaired) electrons. The number of aryl methyl sites for hydroxylation is 1. The Labute approximate surface area is 201 Å². The molecule has 2 aromatic heterocycles. The summed E-state index contributed by atoms with van der Waals surface area (Å²) in [6, 6.07) is 8.48. The zero-order valence-electron chi connectivity index (χ0n) is 20.7. The average Bonchev–Trinajstić information content (AvgIpc) is 3.32. The van der Waals surface area contributed by atoms with Crippen molar-refractivity contribution in [3.63, 3.8) is 0 Å². The third-order valence-electron chi connectivity index (χ3n) is 7.10. The van der Waals surface area contributed by atoms with Gasteiger partial charge in [0.2, 0.25) is 0 Å². The van der Waals surface area contributed by atoms with Crippen molar-refractivity contribution >= 4 is 10.9 Å². The lowest BCUT2D eigenvalue weighted by molar-refractivity contribution is 0.118. The number of nitrogens with zero attached hydrogens (tertiary/aromatic N) is 5. The number of aliphatic hydroxyl groups is 1. The minimum Gasteiger partial charge on any atom is -0.396 e. The summed E-state index contributed by atoms with van der Waals surface area (Å²) >= 11 is 0. The summed E-state index contributed by atoms with van der Waals surface area (Å²) < 4.78 is 2.04. The number of hydrogen-bond acceptors (Lipinski definition) is 6. The zero-order chi connectivity index (χ0) is 24.1. The number of benzene rings is 1. The van der Waals surface area contributed by atoms with Crippen molar-refractivity contribution in [3.05, 3.63) is 51.6 Å². The van der Waals surface area contributed by atoms with Gasteiger partial charge in [-0.05, 0) is 71.2 Å². The van der Waals surface area contributed by atoms with E-state index in [1.165, 1.54) is 24.8 Å². The van der Waals surface area contributed by atoms with E-state index < -0.39 is 0 Å². The molecule has 8 heteroatoms. The lowest BCUT2D eigenvalue weighted by atomic mass is 9.94. The fourth-order valence-electron chi connectivity index (χ4n) is 5.31.